The second-order valence-electron chi connectivity index (χ2n) is 6.91. The number of nitrogens with zero attached hydrogens (tertiary/aromatic N) is 1. The summed E-state index contributed by atoms with van der Waals surface area (Å²) in [6.07, 6.45) is 0.366. The van der Waals surface area contributed by atoms with E-state index < -0.39 is 17.7 Å². The zero-order valence-corrected chi connectivity index (χ0v) is 16.2. The number of thiophene rings is 1. The number of hydrogen-bond donors (Lipinski definition) is 2. The number of nitrogens with one attached hydrogen (secondary N) is 1. The van der Waals surface area contributed by atoms with Crippen molar-refractivity contribution in [2.75, 3.05) is 20.3 Å². The van der Waals surface area contributed by atoms with Crippen molar-refractivity contribution < 1.29 is 19.4 Å². The predicted octanol–water partition coefficient (Wildman–Crippen LogP) is 2.22. The van der Waals surface area contributed by atoms with E-state index in [9.17, 15) is 14.7 Å². The van der Waals surface area contributed by atoms with Crippen LogP contribution in [0.25, 0.3) is 0 Å². The monoisotopic (exact) mass is 388 g/mol. The lowest BCUT2D eigenvalue weighted by Crippen LogP contribution is -2.63. The van der Waals surface area contributed by atoms with Crippen LogP contribution in [0.3, 0.4) is 0 Å². The molecule has 1 aliphatic heterocycles. The Balaban J connectivity index is 1.98. The second kappa shape index (κ2) is 8.21. The number of ether oxygens (including phenoxy) is 1. The van der Waals surface area contributed by atoms with Crippen molar-refractivity contribution in [2.24, 2.45) is 0 Å². The highest BCUT2D eigenvalue weighted by molar-refractivity contribution is 7.10. The lowest BCUT2D eigenvalue weighted by Gasteiger charge is -2.48. The molecule has 1 aromatic heterocycles. The molecule has 3 rings (SSSR count). The van der Waals surface area contributed by atoms with Gasteiger partial charge in [-0.3, -0.25) is 9.59 Å². The highest BCUT2D eigenvalue weighted by Crippen LogP contribution is 2.39. The van der Waals surface area contributed by atoms with E-state index in [0.29, 0.717) is 18.5 Å². The average Bonchev–Trinajstić information content (AvgIpc) is 3.18. The molecule has 1 fully saturated rings. The smallest absolute Gasteiger partial charge is 0.254 e. The highest BCUT2D eigenvalue weighted by Gasteiger charge is 2.48. The van der Waals surface area contributed by atoms with Crippen LogP contribution in [-0.2, 0) is 9.53 Å². The number of hydrogen-bond acceptors (Lipinski definition) is 5. The van der Waals surface area contributed by atoms with E-state index in [-0.39, 0.29) is 18.4 Å². The zero-order valence-electron chi connectivity index (χ0n) is 15.4. The Morgan fingerprint density at radius 2 is 2.04 bits per heavy atom. The summed E-state index contributed by atoms with van der Waals surface area (Å²) in [4.78, 5) is 28.1. The van der Waals surface area contributed by atoms with E-state index in [4.69, 9.17) is 4.74 Å². The lowest BCUT2D eigenvalue weighted by atomic mass is 9.81. The number of piperidine rings is 1. The molecule has 1 saturated heterocycles. The molecule has 0 bridgehead atoms. The van der Waals surface area contributed by atoms with Gasteiger partial charge in [-0.2, -0.15) is 0 Å². The molecule has 0 radical (unpaired) electrons. The minimum absolute atomic E-state index is 0.101. The molecule has 3 atom stereocenters. The number of benzene rings is 1. The maximum absolute atomic E-state index is 13.2. The summed E-state index contributed by atoms with van der Waals surface area (Å²) < 4.78 is 4.91. The first-order valence-corrected chi connectivity index (χ1v) is 9.72. The Hall–Kier alpha value is -2.22. The van der Waals surface area contributed by atoms with Gasteiger partial charge in [-0.15, -0.1) is 11.3 Å². The van der Waals surface area contributed by atoms with Gasteiger partial charge in [-0.05, 0) is 36.9 Å². The third-order valence-electron chi connectivity index (χ3n) is 4.89. The van der Waals surface area contributed by atoms with Crippen LogP contribution in [0, 0.1) is 0 Å². The highest BCUT2D eigenvalue weighted by atomic mass is 32.1. The number of aliphatic hydroxyl groups is 1. The SMILES string of the molecule is COCC(=O)NC1C(c2cccs2)N(C(=O)c2ccccc2)CCC1(C)O. The van der Waals surface area contributed by atoms with E-state index in [0.717, 1.165) is 4.88 Å². The third kappa shape index (κ3) is 4.21. The Morgan fingerprint density at radius 3 is 2.67 bits per heavy atom. The fourth-order valence-corrected chi connectivity index (χ4v) is 4.37. The molecule has 2 N–H and O–H groups in total. The van der Waals surface area contributed by atoms with Crippen LogP contribution in [-0.4, -0.2) is 53.7 Å². The second-order valence-corrected chi connectivity index (χ2v) is 7.89. The maximum atomic E-state index is 13.2. The van der Waals surface area contributed by atoms with Gasteiger partial charge in [0.05, 0.1) is 17.7 Å². The Morgan fingerprint density at radius 1 is 1.30 bits per heavy atom. The normalized spacial score (nSPS) is 25.2. The van der Waals surface area contributed by atoms with Crippen molar-refractivity contribution in [2.45, 2.75) is 31.0 Å². The van der Waals surface area contributed by atoms with Gasteiger partial charge in [0, 0.05) is 24.1 Å². The van der Waals surface area contributed by atoms with E-state index in [2.05, 4.69) is 5.32 Å². The van der Waals surface area contributed by atoms with Gasteiger partial charge in [0.1, 0.15) is 6.61 Å². The molecular formula is C20H24N2O4S. The van der Waals surface area contributed by atoms with Crippen LogP contribution in [0.5, 0.6) is 0 Å². The molecule has 144 valence electrons. The quantitative estimate of drug-likeness (QED) is 0.823. The maximum Gasteiger partial charge on any atom is 0.254 e. The van der Waals surface area contributed by atoms with E-state index in [1.807, 2.05) is 35.7 Å². The van der Waals surface area contributed by atoms with Crippen molar-refractivity contribution in [3.05, 3.63) is 58.3 Å². The minimum Gasteiger partial charge on any atom is -0.388 e. The van der Waals surface area contributed by atoms with Crippen LogP contribution in [0.2, 0.25) is 0 Å². The molecule has 1 aliphatic rings. The third-order valence-corrected chi connectivity index (χ3v) is 5.83. The molecule has 3 unspecified atom stereocenters. The average molecular weight is 388 g/mol. The number of carbonyl (C=O) groups is 2. The molecule has 2 aromatic rings. The number of amides is 2. The topological polar surface area (TPSA) is 78.9 Å². The zero-order chi connectivity index (χ0) is 19.4. The Kier molecular flexibility index (Phi) is 5.94. The van der Waals surface area contributed by atoms with Crippen LogP contribution in [0.4, 0.5) is 0 Å². The number of likely N-dealkylation sites (tertiary alicyclic amines) is 1. The van der Waals surface area contributed by atoms with Crippen molar-refractivity contribution in [1.29, 1.82) is 0 Å². The summed E-state index contributed by atoms with van der Waals surface area (Å²) in [6.45, 7) is 2.01. The fraction of sp³-hybridized carbons (Fsp3) is 0.400. The van der Waals surface area contributed by atoms with Crippen LogP contribution >= 0.6 is 11.3 Å². The number of rotatable bonds is 5. The van der Waals surface area contributed by atoms with E-state index in [1.54, 1.807) is 24.0 Å². The molecule has 2 amide bonds. The molecule has 7 heteroatoms. The molecule has 0 spiro atoms. The Labute approximate surface area is 162 Å². The largest absolute Gasteiger partial charge is 0.388 e. The van der Waals surface area contributed by atoms with Crippen LogP contribution in [0.15, 0.2) is 47.8 Å². The standard InChI is InChI=1S/C20H24N2O4S/c1-20(25)10-11-22(19(24)14-7-4-3-5-8-14)17(15-9-6-12-27-15)18(20)21-16(23)13-26-2/h3-9,12,17-18,25H,10-11,13H2,1-2H3,(H,21,23). The van der Waals surface area contributed by atoms with Gasteiger partial charge in [0.25, 0.3) is 5.91 Å². The van der Waals surface area contributed by atoms with Crippen molar-refractivity contribution >= 4 is 23.2 Å². The minimum atomic E-state index is -1.15. The molecule has 27 heavy (non-hydrogen) atoms. The fourth-order valence-electron chi connectivity index (χ4n) is 3.49. The summed E-state index contributed by atoms with van der Waals surface area (Å²) in [5, 5.41) is 15.8. The summed E-state index contributed by atoms with van der Waals surface area (Å²) in [5.41, 5.74) is -0.562. The first-order chi connectivity index (χ1) is 12.9. The molecular weight excluding hydrogens is 364 g/mol. The number of methoxy groups -OCH3 is 1. The predicted molar refractivity (Wildman–Crippen MR) is 104 cm³/mol. The first-order valence-electron chi connectivity index (χ1n) is 8.84. The van der Waals surface area contributed by atoms with Crippen molar-refractivity contribution in [3.63, 3.8) is 0 Å². The van der Waals surface area contributed by atoms with Gasteiger partial charge in [-0.1, -0.05) is 24.3 Å². The summed E-state index contributed by atoms with van der Waals surface area (Å²) >= 11 is 1.50. The van der Waals surface area contributed by atoms with E-state index >= 15 is 0 Å². The molecule has 1 aromatic carbocycles. The van der Waals surface area contributed by atoms with Gasteiger partial charge in [0.15, 0.2) is 0 Å². The van der Waals surface area contributed by atoms with Crippen LogP contribution < -0.4 is 5.32 Å². The summed E-state index contributed by atoms with van der Waals surface area (Å²) in [5.74, 6) is -0.436. The van der Waals surface area contributed by atoms with E-state index in [1.165, 1.54) is 18.4 Å². The first kappa shape index (κ1) is 19.5. The molecule has 0 saturated carbocycles. The van der Waals surface area contributed by atoms with Crippen LogP contribution in [0.1, 0.15) is 34.6 Å². The van der Waals surface area contributed by atoms with Gasteiger partial charge in [0.2, 0.25) is 5.91 Å². The molecule has 0 aliphatic carbocycles. The van der Waals surface area contributed by atoms with Gasteiger partial charge < -0.3 is 20.1 Å². The lowest BCUT2D eigenvalue weighted by molar-refractivity contribution is -0.131. The molecule has 6 nitrogen and oxygen atoms in total. The van der Waals surface area contributed by atoms with Crippen molar-refractivity contribution in [3.8, 4) is 0 Å². The van der Waals surface area contributed by atoms with Crippen molar-refractivity contribution in [1.82, 2.24) is 10.2 Å². The molecule has 2 heterocycles. The number of carbonyl (C=O) groups excluding carboxylic acids is 2. The Bertz CT molecular complexity index is 777. The summed E-state index contributed by atoms with van der Waals surface area (Å²) in [7, 11) is 1.45. The summed E-state index contributed by atoms with van der Waals surface area (Å²) in [6, 6.07) is 11.8. The van der Waals surface area contributed by atoms with Gasteiger partial charge >= 0.3 is 0 Å². The van der Waals surface area contributed by atoms with Gasteiger partial charge in [-0.25, -0.2) is 0 Å².